The van der Waals surface area contributed by atoms with Crippen molar-refractivity contribution < 1.29 is 14.3 Å². The number of morpholine rings is 1. The molecule has 3 heterocycles. The summed E-state index contributed by atoms with van der Waals surface area (Å²) in [7, 11) is 0. The summed E-state index contributed by atoms with van der Waals surface area (Å²) in [5.74, 6) is 0.645. The topological polar surface area (TPSA) is 122 Å². The number of anilines is 1. The molecule has 9 nitrogen and oxygen atoms in total. The SMILES string of the molecule is Cc1cc(CCCN2CCOCC2)c2cc1C(=O)NCCCNC(=O)CCSc1cc-2nc(N)n1. The lowest BCUT2D eigenvalue weighted by molar-refractivity contribution is -0.120. The van der Waals surface area contributed by atoms with Gasteiger partial charge in [0.15, 0.2) is 0 Å². The van der Waals surface area contributed by atoms with Gasteiger partial charge >= 0.3 is 0 Å². The molecule has 35 heavy (non-hydrogen) atoms. The molecule has 4 N–H and O–H groups in total. The number of nitrogen functional groups attached to an aromatic ring is 1. The zero-order valence-corrected chi connectivity index (χ0v) is 21.1. The summed E-state index contributed by atoms with van der Waals surface area (Å²) in [6.07, 6.45) is 2.92. The molecule has 0 radical (unpaired) electrons. The molecule has 10 heteroatoms. The molecule has 4 rings (SSSR count). The van der Waals surface area contributed by atoms with E-state index in [0.29, 0.717) is 42.9 Å². The van der Waals surface area contributed by atoms with Gasteiger partial charge in [-0.25, -0.2) is 9.97 Å². The molecule has 1 aromatic carbocycles. The van der Waals surface area contributed by atoms with E-state index in [2.05, 4.69) is 31.6 Å². The average Bonchev–Trinajstić information content (AvgIpc) is 2.83. The first-order valence-corrected chi connectivity index (χ1v) is 13.2. The number of fused-ring (bicyclic) bond motifs is 5. The average molecular weight is 499 g/mol. The smallest absolute Gasteiger partial charge is 0.251 e. The fourth-order valence-corrected chi connectivity index (χ4v) is 5.23. The van der Waals surface area contributed by atoms with Crippen LogP contribution in [0.3, 0.4) is 0 Å². The number of carbonyl (C=O) groups excluding carboxylic acids is 2. The fourth-order valence-electron chi connectivity index (χ4n) is 4.38. The van der Waals surface area contributed by atoms with Crippen molar-refractivity contribution in [3.63, 3.8) is 0 Å². The van der Waals surface area contributed by atoms with Crippen molar-refractivity contribution in [1.82, 2.24) is 25.5 Å². The van der Waals surface area contributed by atoms with Gasteiger partial charge in [-0.2, -0.15) is 0 Å². The number of benzene rings is 1. The fraction of sp³-hybridized carbons (Fsp3) is 0.520. The van der Waals surface area contributed by atoms with E-state index in [1.807, 2.05) is 19.1 Å². The van der Waals surface area contributed by atoms with E-state index in [4.69, 9.17) is 10.5 Å². The van der Waals surface area contributed by atoms with Crippen LogP contribution in [-0.4, -0.2) is 78.4 Å². The second-order valence-electron chi connectivity index (χ2n) is 8.89. The lowest BCUT2D eigenvalue weighted by Crippen LogP contribution is -2.36. The number of amides is 2. The predicted octanol–water partition coefficient (Wildman–Crippen LogP) is 2.03. The molecule has 2 amide bonds. The van der Waals surface area contributed by atoms with E-state index < -0.39 is 0 Å². The Balaban J connectivity index is 1.65. The van der Waals surface area contributed by atoms with Crippen molar-refractivity contribution in [2.75, 3.05) is 57.4 Å². The van der Waals surface area contributed by atoms with Crippen molar-refractivity contribution in [2.45, 2.75) is 37.6 Å². The van der Waals surface area contributed by atoms with E-state index >= 15 is 0 Å². The number of nitrogens with one attached hydrogen (secondary N) is 2. The first-order chi connectivity index (χ1) is 17.0. The zero-order chi connectivity index (χ0) is 24.6. The minimum Gasteiger partial charge on any atom is -0.379 e. The van der Waals surface area contributed by atoms with Gasteiger partial charge in [0.05, 0.1) is 18.9 Å². The van der Waals surface area contributed by atoms with E-state index in [9.17, 15) is 9.59 Å². The Morgan fingerprint density at radius 2 is 1.89 bits per heavy atom. The molecule has 1 aromatic heterocycles. The second-order valence-corrected chi connectivity index (χ2v) is 10.0. The monoisotopic (exact) mass is 498 g/mol. The number of nitrogens with two attached hydrogens (primary N) is 1. The maximum Gasteiger partial charge on any atom is 0.251 e. The molecule has 0 saturated carbocycles. The van der Waals surface area contributed by atoms with Crippen LogP contribution >= 0.6 is 11.8 Å². The highest BCUT2D eigenvalue weighted by Gasteiger charge is 2.18. The Hall–Kier alpha value is -2.69. The van der Waals surface area contributed by atoms with Gasteiger partial charge < -0.3 is 21.1 Å². The molecule has 4 bridgehead atoms. The van der Waals surface area contributed by atoms with Crippen LogP contribution in [0.5, 0.6) is 0 Å². The van der Waals surface area contributed by atoms with Crippen molar-refractivity contribution >= 4 is 29.5 Å². The summed E-state index contributed by atoms with van der Waals surface area (Å²) in [5, 5.41) is 6.60. The first-order valence-electron chi connectivity index (χ1n) is 12.3. The van der Waals surface area contributed by atoms with Crippen LogP contribution in [0, 0.1) is 6.92 Å². The zero-order valence-electron chi connectivity index (χ0n) is 20.3. The predicted molar refractivity (Wildman–Crippen MR) is 137 cm³/mol. The van der Waals surface area contributed by atoms with E-state index in [1.165, 1.54) is 11.8 Å². The Kier molecular flexibility index (Phi) is 8.95. The van der Waals surface area contributed by atoms with Gasteiger partial charge in [-0.05, 0) is 56.0 Å². The number of aryl methyl sites for hydroxylation is 2. The van der Waals surface area contributed by atoms with Gasteiger partial charge in [-0.15, -0.1) is 11.8 Å². The van der Waals surface area contributed by atoms with E-state index in [1.54, 1.807) is 0 Å². The quantitative estimate of drug-likeness (QED) is 0.548. The normalized spacial score (nSPS) is 18.1. The number of hydrogen-bond acceptors (Lipinski definition) is 8. The summed E-state index contributed by atoms with van der Waals surface area (Å²) in [6, 6.07) is 5.96. The lowest BCUT2D eigenvalue weighted by Gasteiger charge is -2.26. The third kappa shape index (κ3) is 7.16. The molecule has 0 aliphatic carbocycles. The molecular weight excluding hydrogens is 464 g/mol. The summed E-state index contributed by atoms with van der Waals surface area (Å²) in [4.78, 5) is 36.4. The highest BCUT2D eigenvalue weighted by atomic mass is 32.2. The molecular formula is C25H34N6O3S. The number of rotatable bonds is 4. The van der Waals surface area contributed by atoms with Gasteiger partial charge in [0.25, 0.3) is 5.91 Å². The van der Waals surface area contributed by atoms with Crippen LogP contribution in [0.4, 0.5) is 5.95 Å². The number of thioether (sulfide) groups is 1. The third-order valence-electron chi connectivity index (χ3n) is 6.26. The maximum absolute atomic E-state index is 13.0. The minimum absolute atomic E-state index is 0.0122. The second kappa shape index (κ2) is 12.3. The molecule has 1 fully saturated rings. The largest absolute Gasteiger partial charge is 0.379 e. The molecule has 2 aromatic rings. The Morgan fingerprint density at radius 3 is 2.71 bits per heavy atom. The molecule has 1 saturated heterocycles. The Morgan fingerprint density at radius 1 is 1.09 bits per heavy atom. The summed E-state index contributed by atoms with van der Waals surface area (Å²) in [5.41, 5.74) is 10.4. The molecule has 0 spiro atoms. The van der Waals surface area contributed by atoms with Crippen molar-refractivity contribution in [3.05, 3.63) is 34.9 Å². The van der Waals surface area contributed by atoms with E-state index in [0.717, 1.165) is 67.4 Å². The molecule has 2 aliphatic heterocycles. The molecule has 0 atom stereocenters. The highest BCUT2D eigenvalue weighted by Crippen LogP contribution is 2.30. The molecule has 2 aliphatic rings. The summed E-state index contributed by atoms with van der Waals surface area (Å²) >= 11 is 1.49. The van der Waals surface area contributed by atoms with Crippen LogP contribution in [0.15, 0.2) is 23.2 Å². The lowest BCUT2D eigenvalue weighted by atomic mass is 9.93. The van der Waals surface area contributed by atoms with Crippen LogP contribution in [0.2, 0.25) is 0 Å². The van der Waals surface area contributed by atoms with Gasteiger partial charge in [0, 0.05) is 49.5 Å². The van der Waals surface area contributed by atoms with Gasteiger partial charge in [0.2, 0.25) is 11.9 Å². The number of ether oxygens (including phenoxy) is 1. The number of aromatic nitrogens is 2. The van der Waals surface area contributed by atoms with Gasteiger partial charge in [0.1, 0.15) is 5.03 Å². The van der Waals surface area contributed by atoms with Crippen molar-refractivity contribution in [3.8, 4) is 11.3 Å². The standard InChI is InChI=1S/C25H34N6O3S/c1-17-14-18(4-2-8-31-9-11-34-12-10-31)20-15-19(17)24(33)28-7-3-6-27-22(32)5-13-35-23-16-21(20)29-25(26)30-23/h14-16H,2-13H2,1H3,(H,27,32)(H,28,33)(H2,26,29,30). The molecule has 188 valence electrons. The van der Waals surface area contributed by atoms with Gasteiger partial charge in [-0.3, -0.25) is 14.5 Å². The maximum atomic E-state index is 13.0. The minimum atomic E-state index is -0.126. The van der Waals surface area contributed by atoms with Crippen molar-refractivity contribution in [2.24, 2.45) is 0 Å². The van der Waals surface area contributed by atoms with Crippen LogP contribution in [0.1, 0.15) is 40.7 Å². The van der Waals surface area contributed by atoms with Crippen LogP contribution in [-0.2, 0) is 16.0 Å². The third-order valence-corrected chi connectivity index (χ3v) is 7.17. The number of hydrogen-bond donors (Lipinski definition) is 3. The highest BCUT2D eigenvalue weighted by molar-refractivity contribution is 7.99. The van der Waals surface area contributed by atoms with Crippen molar-refractivity contribution in [1.29, 1.82) is 0 Å². The number of carbonyl (C=O) groups is 2. The van der Waals surface area contributed by atoms with Gasteiger partial charge in [-0.1, -0.05) is 6.07 Å². The van der Waals surface area contributed by atoms with Crippen LogP contribution < -0.4 is 16.4 Å². The first kappa shape index (κ1) is 25.4. The Bertz CT molecular complexity index is 1060. The van der Waals surface area contributed by atoms with Crippen LogP contribution in [0.25, 0.3) is 11.3 Å². The number of nitrogens with zero attached hydrogens (tertiary/aromatic N) is 3. The van der Waals surface area contributed by atoms with E-state index in [-0.39, 0.29) is 17.8 Å². The summed E-state index contributed by atoms with van der Waals surface area (Å²) in [6.45, 7) is 7.50. The summed E-state index contributed by atoms with van der Waals surface area (Å²) < 4.78 is 5.46. The Labute approximate surface area is 210 Å². The molecule has 0 unspecified atom stereocenters.